The van der Waals surface area contributed by atoms with Crippen LogP contribution in [-0.4, -0.2) is 79.9 Å². The SMILES string of the molecule is COc1ccc(C(=O)N2CCN(C(=O)CCCCSc3nnc4c5ccccc5n(Cc5ccccc5)c4n3)CC2C)cc1. The number of aromatic nitrogens is 4. The van der Waals surface area contributed by atoms with E-state index in [1.54, 1.807) is 43.1 Å². The van der Waals surface area contributed by atoms with Crippen molar-refractivity contribution in [2.24, 2.45) is 0 Å². The minimum atomic E-state index is -0.0464. The lowest BCUT2D eigenvalue weighted by molar-refractivity contribution is -0.133. The molecule has 9 nitrogen and oxygen atoms in total. The van der Waals surface area contributed by atoms with E-state index in [0.717, 1.165) is 46.4 Å². The monoisotopic (exact) mass is 608 g/mol. The van der Waals surface area contributed by atoms with Crippen LogP contribution in [0.1, 0.15) is 42.1 Å². The minimum Gasteiger partial charge on any atom is -0.497 e. The third kappa shape index (κ3) is 6.40. The number of thioether (sulfide) groups is 1. The molecule has 0 aliphatic carbocycles. The fourth-order valence-electron chi connectivity index (χ4n) is 5.76. The average molecular weight is 609 g/mol. The van der Waals surface area contributed by atoms with Crippen molar-refractivity contribution >= 4 is 45.6 Å². The lowest BCUT2D eigenvalue weighted by Crippen LogP contribution is -2.55. The molecule has 0 spiro atoms. The van der Waals surface area contributed by atoms with E-state index in [1.165, 1.54) is 5.56 Å². The number of nitrogens with zero attached hydrogens (tertiary/aromatic N) is 6. The highest BCUT2D eigenvalue weighted by Gasteiger charge is 2.30. The van der Waals surface area contributed by atoms with E-state index in [1.807, 2.05) is 47.1 Å². The molecule has 0 bridgehead atoms. The highest BCUT2D eigenvalue weighted by molar-refractivity contribution is 7.99. The summed E-state index contributed by atoms with van der Waals surface area (Å²) >= 11 is 1.58. The van der Waals surface area contributed by atoms with Crippen molar-refractivity contribution in [2.75, 3.05) is 32.5 Å². The van der Waals surface area contributed by atoms with Gasteiger partial charge in [-0.3, -0.25) is 9.59 Å². The molecular formula is C34H36N6O3S. The summed E-state index contributed by atoms with van der Waals surface area (Å²) in [4.78, 5) is 34.7. The molecule has 3 aromatic carbocycles. The van der Waals surface area contributed by atoms with E-state index in [0.29, 0.717) is 43.3 Å². The Kier molecular flexibility index (Phi) is 9.07. The summed E-state index contributed by atoms with van der Waals surface area (Å²) in [5, 5.41) is 10.7. The normalized spacial score (nSPS) is 15.2. The molecule has 44 heavy (non-hydrogen) atoms. The summed E-state index contributed by atoms with van der Waals surface area (Å²) in [5.74, 6) is 1.65. The zero-order valence-electron chi connectivity index (χ0n) is 25.1. The molecule has 226 valence electrons. The zero-order valence-corrected chi connectivity index (χ0v) is 25.9. The number of hydrogen-bond acceptors (Lipinski definition) is 7. The largest absolute Gasteiger partial charge is 0.497 e. The van der Waals surface area contributed by atoms with Crippen LogP contribution >= 0.6 is 11.8 Å². The average Bonchev–Trinajstić information content (AvgIpc) is 3.37. The molecule has 3 heterocycles. The fourth-order valence-corrected chi connectivity index (χ4v) is 6.54. The topological polar surface area (TPSA) is 93.5 Å². The number of hydrogen-bond donors (Lipinski definition) is 0. The second-order valence-electron chi connectivity index (χ2n) is 11.1. The first-order valence-corrected chi connectivity index (χ1v) is 16.0. The predicted molar refractivity (Wildman–Crippen MR) is 173 cm³/mol. The fraction of sp³-hybridized carbons (Fsp3) is 0.324. The molecule has 2 amide bonds. The van der Waals surface area contributed by atoms with Crippen LogP contribution in [-0.2, 0) is 11.3 Å². The van der Waals surface area contributed by atoms with Crippen LogP contribution in [0.5, 0.6) is 5.75 Å². The number of methoxy groups -OCH3 is 1. The number of fused-ring (bicyclic) bond motifs is 3. The lowest BCUT2D eigenvalue weighted by Gasteiger charge is -2.40. The summed E-state index contributed by atoms with van der Waals surface area (Å²) in [7, 11) is 1.60. The summed E-state index contributed by atoms with van der Waals surface area (Å²) in [6.07, 6.45) is 2.15. The first kappa shape index (κ1) is 29.6. The standard InChI is InChI=1S/C34H36N6O3S/c1-24-22-38(19-20-39(24)33(42)26-15-17-27(43-2)18-16-26)30(41)14-8-9-21-44-34-35-32-31(36-37-34)28-12-6-7-13-29(28)40(32)23-25-10-4-3-5-11-25/h3-7,10-13,15-18,24H,8-9,14,19-23H2,1-2H3. The van der Waals surface area contributed by atoms with Gasteiger partial charge >= 0.3 is 0 Å². The molecular weight excluding hydrogens is 572 g/mol. The molecule has 6 rings (SSSR count). The van der Waals surface area contributed by atoms with Crippen LogP contribution in [0.15, 0.2) is 84.0 Å². The Morgan fingerprint density at radius 2 is 1.70 bits per heavy atom. The van der Waals surface area contributed by atoms with Crippen LogP contribution in [0.4, 0.5) is 0 Å². The summed E-state index contributed by atoms with van der Waals surface area (Å²) in [6, 6.07) is 25.7. The second kappa shape index (κ2) is 13.5. The molecule has 1 atom stereocenters. The first-order chi connectivity index (χ1) is 21.5. The van der Waals surface area contributed by atoms with Crippen molar-refractivity contribution < 1.29 is 14.3 Å². The number of carbonyl (C=O) groups is 2. The predicted octanol–water partition coefficient (Wildman–Crippen LogP) is 5.67. The maximum atomic E-state index is 13.0. The Morgan fingerprint density at radius 3 is 2.48 bits per heavy atom. The number of ether oxygens (including phenoxy) is 1. The molecule has 2 aromatic heterocycles. The van der Waals surface area contributed by atoms with Crippen molar-refractivity contribution in [3.05, 3.63) is 90.0 Å². The maximum Gasteiger partial charge on any atom is 0.254 e. The number of para-hydroxylation sites is 1. The summed E-state index contributed by atoms with van der Waals surface area (Å²) in [6.45, 7) is 4.34. The highest BCUT2D eigenvalue weighted by Crippen LogP contribution is 2.28. The van der Waals surface area contributed by atoms with Gasteiger partial charge in [0.1, 0.15) is 11.3 Å². The van der Waals surface area contributed by atoms with Gasteiger partial charge in [0.2, 0.25) is 11.1 Å². The Balaban J connectivity index is 1.00. The van der Waals surface area contributed by atoms with Gasteiger partial charge in [-0.2, -0.15) is 0 Å². The number of rotatable bonds is 10. The molecule has 5 aromatic rings. The number of benzene rings is 3. The van der Waals surface area contributed by atoms with E-state index in [9.17, 15) is 9.59 Å². The van der Waals surface area contributed by atoms with E-state index < -0.39 is 0 Å². The molecule has 1 aliphatic heterocycles. The molecule has 10 heteroatoms. The molecule has 1 saturated heterocycles. The molecule has 0 radical (unpaired) electrons. The maximum absolute atomic E-state index is 13.0. The van der Waals surface area contributed by atoms with Gasteiger partial charge in [-0.15, -0.1) is 10.2 Å². The quantitative estimate of drug-likeness (QED) is 0.149. The van der Waals surface area contributed by atoms with Gasteiger partial charge in [0.15, 0.2) is 5.65 Å². The molecule has 1 unspecified atom stereocenters. The van der Waals surface area contributed by atoms with Gasteiger partial charge in [0.25, 0.3) is 5.91 Å². The third-order valence-electron chi connectivity index (χ3n) is 8.13. The summed E-state index contributed by atoms with van der Waals surface area (Å²) in [5.41, 5.74) is 4.57. The van der Waals surface area contributed by atoms with Crippen molar-refractivity contribution in [2.45, 2.75) is 43.9 Å². The van der Waals surface area contributed by atoms with Crippen molar-refractivity contribution in [1.82, 2.24) is 29.5 Å². The van der Waals surface area contributed by atoms with Crippen LogP contribution < -0.4 is 4.74 Å². The molecule has 1 aliphatic rings. The van der Waals surface area contributed by atoms with Crippen LogP contribution in [0.3, 0.4) is 0 Å². The first-order valence-electron chi connectivity index (χ1n) is 15.0. The second-order valence-corrected chi connectivity index (χ2v) is 12.1. The third-order valence-corrected chi connectivity index (χ3v) is 9.06. The van der Waals surface area contributed by atoms with Gasteiger partial charge in [-0.05, 0) is 55.7 Å². The zero-order chi connectivity index (χ0) is 30.5. The Morgan fingerprint density at radius 1 is 0.932 bits per heavy atom. The highest BCUT2D eigenvalue weighted by atomic mass is 32.2. The Hall–Kier alpha value is -4.44. The van der Waals surface area contributed by atoms with Gasteiger partial charge in [0.05, 0.1) is 12.6 Å². The van der Waals surface area contributed by atoms with Gasteiger partial charge in [-0.1, -0.05) is 60.3 Å². The van der Waals surface area contributed by atoms with Crippen LogP contribution in [0.25, 0.3) is 22.1 Å². The van der Waals surface area contributed by atoms with Crippen LogP contribution in [0, 0.1) is 0 Å². The Labute approximate surface area is 261 Å². The van der Waals surface area contributed by atoms with Crippen molar-refractivity contribution in [1.29, 1.82) is 0 Å². The number of piperazine rings is 1. The smallest absolute Gasteiger partial charge is 0.254 e. The number of carbonyl (C=O) groups excluding carboxylic acids is 2. The van der Waals surface area contributed by atoms with E-state index >= 15 is 0 Å². The molecule has 0 N–H and O–H groups in total. The molecule has 0 saturated carbocycles. The minimum absolute atomic E-state index is 0.0143. The van der Waals surface area contributed by atoms with Gasteiger partial charge < -0.3 is 19.1 Å². The molecule has 1 fully saturated rings. The number of unbranched alkanes of at least 4 members (excludes halogenated alkanes) is 1. The number of amides is 2. The lowest BCUT2D eigenvalue weighted by atomic mass is 10.1. The van der Waals surface area contributed by atoms with E-state index in [2.05, 4.69) is 39.0 Å². The summed E-state index contributed by atoms with van der Waals surface area (Å²) < 4.78 is 7.40. The van der Waals surface area contributed by atoms with E-state index in [-0.39, 0.29) is 17.9 Å². The van der Waals surface area contributed by atoms with Crippen molar-refractivity contribution in [3.63, 3.8) is 0 Å². The van der Waals surface area contributed by atoms with Gasteiger partial charge in [0, 0.05) is 55.3 Å². The van der Waals surface area contributed by atoms with Crippen LogP contribution in [0.2, 0.25) is 0 Å². The van der Waals surface area contributed by atoms with E-state index in [4.69, 9.17) is 9.72 Å². The Bertz CT molecular complexity index is 1760. The van der Waals surface area contributed by atoms with Gasteiger partial charge in [-0.25, -0.2) is 4.98 Å². The van der Waals surface area contributed by atoms with Crippen molar-refractivity contribution in [3.8, 4) is 5.75 Å².